The molecule has 1 aliphatic rings. The Kier molecular flexibility index (Phi) is 1.78. The monoisotopic (exact) mass is 154 g/mol. The molecule has 0 radical (unpaired) electrons. The largest absolute Gasteiger partial charge is 0.481 e. The van der Waals surface area contributed by atoms with E-state index in [4.69, 9.17) is 5.11 Å². The lowest BCUT2D eigenvalue weighted by Gasteiger charge is -2.24. The molecule has 2 heteroatoms. The van der Waals surface area contributed by atoms with E-state index < -0.39 is 11.4 Å². The maximum Gasteiger partial charge on any atom is 0.313 e. The van der Waals surface area contributed by atoms with E-state index >= 15 is 0 Å². The van der Waals surface area contributed by atoms with Crippen LogP contribution >= 0.6 is 0 Å². The lowest BCUT2D eigenvalue weighted by Crippen LogP contribution is -2.31. The van der Waals surface area contributed by atoms with Gasteiger partial charge in [-0.25, -0.2) is 0 Å². The molecule has 62 valence electrons. The van der Waals surface area contributed by atoms with Gasteiger partial charge in [0.15, 0.2) is 0 Å². The Bertz CT molecular complexity index is 208. The van der Waals surface area contributed by atoms with Gasteiger partial charge >= 0.3 is 5.97 Å². The molecule has 0 aliphatic heterocycles. The molecule has 0 bridgehead atoms. The Balaban J connectivity index is 2.98. The van der Waals surface area contributed by atoms with Gasteiger partial charge in [0, 0.05) is 0 Å². The average molecular weight is 154 g/mol. The minimum atomic E-state index is -0.729. The van der Waals surface area contributed by atoms with E-state index in [1.807, 2.05) is 6.92 Å². The van der Waals surface area contributed by atoms with Crippen molar-refractivity contribution in [2.24, 2.45) is 11.3 Å². The topological polar surface area (TPSA) is 37.3 Å². The van der Waals surface area contributed by atoms with Gasteiger partial charge in [-0.05, 0) is 25.7 Å². The summed E-state index contributed by atoms with van der Waals surface area (Å²) in [5.74, 6) is -0.500. The first-order valence-electron chi connectivity index (χ1n) is 3.91. The number of aliphatic carboxylic acids is 1. The standard InChI is InChI=1S/C9H14O2/c1-6-4-5-7(2)9(6,3)8(10)11/h7H,1,4-5H2,2-3H3,(H,10,11). The predicted molar refractivity (Wildman–Crippen MR) is 43.3 cm³/mol. The first kappa shape index (κ1) is 8.31. The zero-order valence-electron chi connectivity index (χ0n) is 7.05. The van der Waals surface area contributed by atoms with Gasteiger partial charge in [-0.15, -0.1) is 0 Å². The summed E-state index contributed by atoms with van der Waals surface area (Å²) in [4.78, 5) is 10.9. The highest BCUT2D eigenvalue weighted by molar-refractivity contribution is 5.79. The van der Waals surface area contributed by atoms with Crippen molar-refractivity contribution in [3.63, 3.8) is 0 Å². The Hall–Kier alpha value is -0.790. The molecular weight excluding hydrogens is 140 g/mol. The molecule has 0 amide bonds. The van der Waals surface area contributed by atoms with Crippen molar-refractivity contribution < 1.29 is 9.90 Å². The molecule has 0 aromatic rings. The molecule has 1 aliphatic carbocycles. The van der Waals surface area contributed by atoms with Crippen LogP contribution in [0.1, 0.15) is 26.7 Å². The van der Waals surface area contributed by atoms with Crippen LogP contribution in [0, 0.1) is 11.3 Å². The zero-order valence-corrected chi connectivity index (χ0v) is 7.05. The van der Waals surface area contributed by atoms with Gasteiger partial charge in [-0.1, -0.05) is 19.1 Å². The second-order valence-electron chi connectivity index (χ2n) is 3.55. The van der Waals surface area contributed by atoms with Crippen LogP contribution in [0.25, 0.3) is 0 Å². The molecule has 0 spiro atoms. The van der Waals surface area contributed by atoms with Crippen molar-refractivity contribution in [3.8, 4) is 0 Å². The van der Waals surface area contributed by atoms with Gasteiger partial charge in [-0.2, -0.15) is 0 Å². The van der Waals surface area contributed by atoms with Gasteiger partial charge in [0.1, 0.15) is 0 Å². The van der Waals surface area contributed by atoms with Crippen LogP contribution in [0.3, 0.4) is 0 Å². The fourth-order valence-electron chi connectivity index (χ4n) is 1.65. The van der Waals surface area contributed by atoms with E-state index in [2.05, 4.69) is 6.58 Å². The van der Waals surface area contributed by atoms with Crippen LogP contribution in [-0.2, 0) is 4.79 Å². The summed E-state index contributed by atoms with van der Waals surface area (Å²) < 4.78 is 0. The van der Waals surface area contributed by atoms with Crippen LogP contribution in [0.15, 0.2) is 12.2 Å². The molecule has 0 aromatic heterocycles. The molecule has 1 rings (SSSR count). The Morgan fingerprint density at radius 3 is 2.55 bits per heavy atom. The van der Waals surface area contributed by atoms with Crippen molar-refractivity contribution in [1.82, 2.24) is 0 Å². The molecule has 0 aromatic carbocycles. The van der Waals surface area contributed by atoms with Gasteiger partial charge < -0.3 is 5.11 Å². The van der Waals surface area contributed by atoms with E-state index in [0.29, 0.717) is 0 Å². The molecule has 1 fully saturated rings. The van der Waals surface area contributed by atoms with Gasteiger partial charge in [0.2, 0.25) is 0 Å². The number of carboxylic acid groups (broad SMARTS) is 1. The van der Waals surface area contributed by atoms with Crippen molar-refractivity contribution in [2.45, 2.75) is 26.7 Å². The van der Waals surface area contributed by atoms with Crippen molar-refractivity contribution in [3.05, 3.63) is 12.2 Å². The number of carboxylic acids is 1. The molecule has 0 saturated heterocycles. The van der Waals surface area contributed by atoms with Gasteiger partial charge in [0.25, 0.3) is 0 Å². The van der Waals surface area contributed by atoms with Crippen molar-refractivity contribution in [1.29, 1.82) is 0 Å². The van der Waals surface area contributed by atoms with E-state index in [1.165, 1.54) is 0 Å². The molecule has 11 heavy (non-hydrogen) atoms. The molecular formula is C9H14O2. The van der Waals surface area contributed by atoms with Gasteiger partial charge in [0.05, 0.1) is 5.41 Å². The predicted octanol–water partition coefficient (Wildman–Crippen LogP) is 2.06. The normalized spacial score (nSPS) is 37.6. The molecule has 2 unspecified atom stereocenters. The number of carbonyl (C=O) groups is 1. The van der Waals surface area contributed by atoms with Crippen LogP contribution in [-0.4, -0.2) is 11.1 Å². The van der Waals surface area contributed by atoms with E-state index in [1.54, 1.807) is 6.92 Å². The second kappa shape index (κ2) is 2.36. The molecule has 2 nitrogen and oxygen atoms in total. The van der Waals surface area contributed by atoms with E-state index in [0.717, 1.165) is 18.4 Å². The summed E-state index contributed by atoms with van der Waals surface area (Å²) in [6.45, 7) is 7.55. The summed E-state index contributed by atoms with van der Waals surface area (Å²) in [5, 5.41) is 8.95. The number of hydrogen-bond acceptors (Lipinski definition) is 1. The lowest BCUT2D eigenvalue weighted by atomic mass is 9.79. The summed E-state index contributed by atoms with van der Waals surface area (Å²) in [6, 6.07) is 0. The Labute approximate surface area is 66.9 Å². The molecule has 0 heterocycles. The zero-order chi connectivity index (χ0) is 8.65. The third-order valence-electron chi connectivity index (χ3n) is 3.04. The Morgan fingerprint density at radius 2 is 2.36 bits per heavy atom. The minimum absolute atomic E-state index is 0.229. The lowest BCUT2D eigenvalue weighted by molar-refractivity contribution is -0.147. The van der Waals surface area contributed by atoms with Crippen molar-refractivity contribution >= 4 is 5.97 Å². The van der Waals surface area contributed by atoms with Gasteiger partial charge in [-0.3, -0.25) is 4.79 Å². The van der Waals surface area contributed by atoms with Crippen LogP contribution in [0.2, 0.25) is 0 Å². The highest BCUT2D eigenvalue weighted by atomic mass is 16.4. The smallest absolute Gasteiger partial charge is 0.313 e. The fraction of sp³-hybridized carbons (Fsp3) is 0.667. The third-order valence-corrected chi connectivity index (χ3v) is 3.04. The second-order valence-corrected chi connectivity index (χ2v) is 3.55. The highest BCUT2D eigenvalue weighted by Gasteiger charge is 2.45. The minimum Gasteiger partial charge on any atom is -0.481 e. The summed E-state index contributed by atoms with van der Waals surface area (Å²) >= 11 is 0. The third kappa shape index (κ3) is 0.971. The Morgan fingerprint density at radius 1 is 1.82 bits per heavy atom. The van der Waals surface area contributed by atoms with Crippen molar-refractivity contribution in [2.75, 3.05) is 0 Å². The van der Waals surface area contributed by atoms with E-state index in [9.17, 15) is 4.79 Å². The summed E-state index contributed by atoms with van der Waals surface area (Å²) in [6.07, 6.45) is 1.83. The maximum atomic E-state index is 10.9. The quantitative estimate of drug-likeness (QED) is 0.587. The molecule has 1 saturated carbocycles. The number of hydrogen-bond donors (Lipinski definition) is 1. The van der Waals surface area contributed by atoms with Crippen LogP contribution < -0.4 is 0 Å². The van der Waals surface area contributed by atoms with Crippen LogP contribution in [0.5, 0.6) is 0 Å². The first-order chi connectivity index (χ1) is 4.99. The SMILES string of the molecule is C=C1CCC(C)C1(C)C(=O)O. The molecule has 2 atom stereocenters. The fourth-order valence-corrected chi connectivity index (χ4v) is 1.65. The van der Waals surface area contributed by atoms with E-state index in [-0.39, 0.29) is 5.92 Å². The average Bonchev–Trinajstić information content (AvgIpc) is 2.18. The maximum absolute atomic E-state index is 10.9. The first-order valence-corrected chi connectivity index (χ1v) is 3.91. The highest BCUT2D eigenvalue weighted by Crippen LogP contribution is 2.46. The summed E-state index contributed by atoms with van der Waals surface area (Å²) in [7, 11) is 0. The molecule has 1 N–H and O–H groups in total. The number of rotatable bonds is 1. The summed E-state index contributed by atoms with van der Waals surface area (Å²) in [5.41, 5.74) is 0.206. The van der Waals surface area contributed by atoms with Crippen LogP contribution in [0.4, 0.5) is 0 Å².